The predicted octanol–water partition coefficient (Wildman–Crippen LogP) is 4.68. The van der Waals surface area contributed by atoms with Gasteiger partial charge in [0.25, 0.3) is 5.56 Å². The van der Waals surface area contributed by atoms with Gasteiger partial charge < -0.3 is 23.4 Å². The van der Waals surface area contributed by atoms with E-state index in [1.807, 2.05) is 0 Å². The normalized spacial score (nSPS) is 14.6. The average molecular weight is 617 g/mol. The first-order valence-electron chi connectivity index (χ1n) is 14.0. The highest BCUT2D eigenvalue weighted by atomic mass is 32.1. The number of esters is 1. The molecule has 1 unspecified atom stereocenters. The number of ether oxygens (including phenoxy) is 4. The van der Waals surface area contributed by atoms with Crippen LogP contribution in [-0.2, 0) is 9.53 Å². The summed E-state index contributed by atoms with van der Waals surface area (Å²) in [6.45, 7) is 5.61. The van der Waals surface area contributed by atoms with E-state index in [0.717, 1.165) is 5.56 Å². The summed E-state index contributed by atoms with van der Waals surface area (Å²) in [7, 11) is 4.54. The van der Waals surface area contributed by atoms with Crippen molar-refractivity contribution < 1.29 is 33.0 Å². The quantitative estimate of drug-likeness (QED) is 0.236. The molecule has 44 heavy (non-hydrogen) atoms. The molecular weight excluding hydrogens is 584 g/mol. The number of hydrogen-bond acceptors (Lipinski definition) is 10. The first kappa shape index (κ1) is 30.6. The summed E-state index contributed by atoms with van der Waals surface area (Å²) < 4.78 is 29.7. The van der Waals surface area contributed by atoms with Crippen LogP contribution < -0.4 is 29.1 Å². The molecule has 0 radical (unpaired) electrons. The van der Waals surface area contributed by atoms with Gasteiger partial charge in [-0.2, -0.15) is 0 Å². The number of nitrogens with zero attached hydrogens (tertiary/aromatic N) is 2. The number of carbonyl (C=O) groups is 2. The van der Waals surface area contributed by atoms with Gasteiger partial charge in [-0.05, 0) is 55.8 Å². The van der Waals surface area contributed by atoms with Crippen LogP contribution in [0, 0.1) is 0 Å². The van der Waals surface area contributed by atoms with Crippen molar-refractivity contribution in [3.63, 3.8) is 0 Å². The maximum absolute atomic E-state index is 14.0. The van der Waals surface area contributed by atoms with Gasteiger partial charge in [-0.3, -0.25) is 14.2 Å². The molecule has 0 N–H and O–H groups in total. The summed E-state index contributed by atoms with van der Waals surface area (Å²) >= 11 is 1.21. The molecule has 5 rings (SSSR count). The molecule has 228 valence electrons. The van der Waals surface area contributed by atoms with Crippen LogP contribution in [0.15, 0.2) is 74.0 Å². The lowest BCUT2D eigenvalue weighted by Crippen LogP contribution is -2.39. The van der Waals surface area contributed by atoms with E-state index in [4.69, 9.17) is 23.4 Å². The summed E-state index contributed by atoms with van der Waals surface area (Å²) in [4.78, 5) is 44.4. The molecule has 0 bridgehead atoms. The van der Waals surface area contributed by atoms with E-state index in [2.05, 4.69) is 4.99 Å². The highest BCUT2D eigenvalue weighted by Gasteiger charge is 2.33. The van der Waals surface area contributed by atoms with E-state index in [1.54, 1.807) is 75.4 Å². The van der Waals surface area contributed by atoms with Gasteiger partial charge in [0.2, 0.25) is 5.75 Å². The summed E-state index contributed by atoms with van der Waals surface area (Å²) in [6.07, 6.45) is 1.90. The number of thiazole rings is 1. The topological polar surface area (TPSA) is 119 Å². The zero-order chi connectivity index (χ0) is 31.5. The number of methoxy groups -OCH3 is 3. The van der Waals surface area contributed by atoms with Crippen LogP contribution in [0.1, 0.15) is 54.9 Å². The summed E-state index contributed by atoms with van der Waals surface area (Å²) in [5, 5.41) is 0. The number of furan rings is 1. The molecule has 1 atom stereocenters. The van der Waals surface area contributed by atoms with E-state index in [9.17, 15) is 14.4 Å². The number of carbonyl (C=O) groups excluding carboxylic acids is 2. The first-order valence-corrected chi connectivity index (χ1v) is 14.8. The highest BCUT2D eigenvalue weighted by Crippen LogP contribution is 2.42. The second-order valence-corrected chi connectivity index (χ2v) is 10.8. The van der Waals surface area contributed by atoms with Crippen molar-refractivity contribution in [3.8, 4) is 28.6 Å². The van der Waals surface area contributed by atoms with Crippen molar-refractivity contribution in [2.24, 2.45) is 4.99 Å². The molecule has 2 aromatic carbocycles. The van der Waals surface area contributed by atoms with Crippen molar-refractivity contribution >= 4 is 29.2 Å². The number of aromatic nitrogens is 1. The van der Waals surface area contributed by atoms with Crippen molar-refractivity contribution in [3.05, 3.63) is 96.4 Å². The minimum atomic E-state index is -0.764. The van der Waals surface area contributed by atoms with Gasteiger partial charge in [-0.15, -0.1) is 0 Å². The smallest absolute Gasteiger partial charge is 0.338 e. The fourth-order valence-electron chi connectivity index (χ4n) is 5.14. The number of benzene rings is 2. The Hall–Kier alpha value is -4.90. The zero-order valence-corrected chi connectivity index (χ0v) is 26.1. The van der Waals surface area contributed by atoms with Crippen LogP contribution in [0.25, 0.3) is 17.4 Å². The van der Waals surface area contributed by atoms with Gasteiger partial charge in [0.1, 0.15) is 11.5 Å². The van der Waals surface area contributed by atoms with E-state index >= 15 is 0 Å². The van der Waals surface area contributed by atoms with Gasteiger partial charge in [0.15, 0.2) is 22.1 Å². The predicted molar refractivity (Wildman–Crippen MR) is 165 cm³/mol. The Labute approximate surface area is 257 Å². The van der Waals surface area contributed by atoms with Gasteiger partial charge in [-0.25, -0.2) is 9.79 Å². The van der Waals surface area contributed by atoms with Crippen LogP contribution in [0.2, 0.25) is 0 Å². The molecule has 11 heteroatoms. The molecule has 0 amide bonds. The number of rotatable bonds is 10. The molecule has 0 aliphatic carbocycles. The standard InChI is InChI=1S/C33H32N2O8S/c1-7-23(36)28-18(3)34-33-35(29(28)21-15-25(39-4)30(41-6)26(16-21)40-5)31(37)27(44-33)17-22-13-14-24(43-22)19-9-11-20(12-10-19)32(38)42-8-2/h9-17,29H,7-8H2,1-6H3/b27-17-. The van der Waals surface area contributed by atoms with E-state index in [0.29, 0.717) is 67.1 Å². The molecule has 3 heterocycles. The number of allylic oxidation sites excluding steroid dienone is 2. The minimum absolute atomic E-state index is 0.121. The second kappa shape index (κ2) is 12.8. The molecule has 1 aliphatic rings. The molecule has 0 fully saturated rings. The maximum atomic E-state index is 14.0. The van der Waals surface area contributed by atoms with Gasteiger partial charge in [0, 0.05) is 29.3 Å². The third-order valence-corrected chi connectivity index (χ3v) is 8.21. The summed E-state index contributed by atoms with van der Waals surface area (Å²) in [6, 6.07) is 13.2. The third kappa shape index (κ3) is 5.58. The van der Waals surface area contributed by atoms with Crippen LogP contribution >= 0.6 is 11.3 Å². The second-order valence-electron chi connectivity index (χ2n) is 9.82. The lowest BCUT2D eigenvalue weighted by molar-refractivity contribution is -0.115. The molecule has 10 nitrogen and oxygen atoms in total. The Bertz CT molecular complexity index is 1920. The number of Topliss-reactive ketones (excluding diaryl/α,β-unsaturated/α-hetero) is 1. The fraction of sp³-hybridized carbons (Fsp3) is 0.273. The first-order chi connectivity index (χ1) is 21.2. The summed E-state index contributed by atoms with van der Waals surface area (Å²) in [5.74, 6) is 1.73. The highest BCUT2D eigenvalue weighted by molar-refractivity contribution is 7.07. The number of fused-ring (bicyclic) bond motifs is 1. The SMILES string of the molecule is CCOC(=O)c1ccc(-c2ccc(/C=c3\sc4n(c3=O)C(c3cc(OC)c(OC)c(OC)c3)C(C(=O)CC)=C(C)N=4)o2)cc1. The number of hydrogen-bond donors (Lipinski definition) is 0. The Morgan fingerprint density at radius 1 is 1.00 bits per heavy atom. The van der Waals surface area contributed by atoms with Crippen molar-refractivity contribution in [2.45, 2.75) is 33.2 Å². The van der Waals surface area contributed by atoms with Crippen LogP contribution in [0.5, 0.6) is 17.2 Å². The largest absolute Gasteiger partial charge is 0.493 e. The van der Waals surface area contributed by atoms with Crippen LogP contribution in [0.4, 0.5) is 0 Å². The van der Waals surface area contributed by atoms with Gasteiger partial charge >= 0.3 is 5.97 Å². The maximum Gasteiger partial charge on any atom is 0.338 e. The van der Waals surface area contributed by atoms with Crippen LogP contribution in [0.3, 0.4) is 0 Å². The van der Waals surface area contributed by atoms with E-state index in [-0.39, 0.29) is 17.8 Å². The van der Waals surface area contributed by atoms with Crippen molar-refractivity contribution in [1.29, 1.82) is 0 Å². The van der Waals surface area contributed by atoms with Crippen LogP contribution in [-0.4, -0.2) is 44.3 Å². The van der Waals surface area contributed by atoms with Gasteiger partial charge in [-0.1, -0.05) is 30.4 Å². The molecule has 2 aromatic heterocycles. The van der Waals surface area contributed by atoms with E-state index in [1.165, 1.54) is 37.2 Å². The Morgan fingerprint density at radius 3 is 2.27 bits per heavy atom. The lowest BCUT2D eigenvalue weighted by Gasteiger charge is -2.26. The van der Waals surface area contributed by atoms with Crippen molar-refractivity contribution in [2.75, 3.05) is 27.9 Å². The fourth-order valence-corrected chi connectivity index (χ4v) is 6.17. The molecule has 0 saturated carbocycles. The molecule has 1 aliphatic heterocycles. The minimum Gasteiger partial charge on any atom is -0.493 e. The van der Waals surface area contributed by atoms with E-state index < -0.39 is 12.0 Å². The number of ketones is 1. The molecule has 0 spiro atoms. The third-order valence-electron chi connectivity index (χ3n) is 7.23. The molecular formula is C33H32N2O8S. The monoisotopic (exact) mass is 616 g/mol. The Kier molecular flexibility index (Phi) is 8.86. The van der Waals surface area contributed by atoms with Gasteiger partial charge in [0.05, 0.1) is 44.1 Å². The molecule has 4 aromatic rings. The Morgan fingerprint density at radius 2 is 1.68 bits per heavy atom. The Balaban J connectivity index is 1.60. The average Bonchev–Trinajstić information content (AvgIpc) is 3.63. The zero-order valence-electron chi connectivity index (χ0n) is 25.3. The lowest BCUT2D eigenvalue weighted by atomic mass is 9.91. The summed E-state index contributed by atoms with van der Waals surface area (Å²) in [5.41, 5.74) is 2.46. The molecule has 0 saturated heterocycles. The van der Waals surface area contributed by atoms with Crippen molar-refractivity contribution in [1.82, 2.24) is 4.57 Å².